The monoisotopic (exact) mass is 189 g/mol. The average Bonchev–Trinajstić information content (AvgIpc) is 2.78. The highest BCUT2D eigenvalue weighted by Crippen LogP contribution is 2.41. The van der Waals surface area contributed by atoms with Crippen LogP contribution in [0.2, 0.25) is 0 Å². The van der Waals surface area contributed by atoms with Gasteiger partial charge in [0.2, 0.25) is 0 Å². The Kier molecular flexibility index (Phi) is 1.70. The minimum absolute atomic E-state index is 0.197. The van der Waals surface area contributed by atoms with Crippen LogP contribution in [0.25, 0.3) is 0 Å². The summed E-state index contributed by atoms with van der Waals surface area (Å²) < 4.78 is 0. The Bertz CT molecular complexity index is 361. The Balaban J connectivity index is 1.98. The fraction of sp³-hybridized carbons (Fsp3) is 0.500. The van der Waals surface area contributed by atoms with Gasteiger partial charge < -0.3 is 5.11 Å². The van der Waals surface area contributed by atoms with Crippen molar-refractivity contribution in [2.45, 2.75) is 31.5 Å². The van der Waals surface area contributed by atoms with Crippen LogP contribution in [0.5, 0.6) is 0 Å². The number of aliphatic hydroxyl groups is 1. The molecule has 14 heavy (non-hydrogen) atoms. The lowest BCUT2D eigenvalue weighted by Gasteiger charge is -2.17. The fourth-order valence-corrected chi connectivity index (χ4v) is 2.60. The molecule has 0 bridgehead atoms. The predicted molar refractivity (Wildman–Crippen MR) is 55.1 cm³/mol. The van der Waals surface area contributed by atoms with Gasteiger partial charge in [-0.25, -0.2) is 0 Å². The van der Waals surface area contributed by atoms with Crippen molar-refractivity contribution in [1.82, 2.24) is 4.90 Å². The summed E-state index contributed by atoms with van der Waals surface area (Å²) in [5.41, 5.74) is 2.66. The molecule has 74 valence electrons. The summed E-state index contributed by atoms with van der Waals surface area (Å²) in [4.78, 5) is 2.37. The third kappa shape index (κ3) is 1.11. The predicted octanol–water partition coefficient (Wildman–Crippen LogP) is 1.35. The highest BCUT2D eigenvalue weighted by molar-refractivity contribution is 5.37. The number of hydrogen-bond acceptors (Lipinski definition) is 2. The molecule has 2 nitrogen and oxygen atoms in total. The number of hydrogen-bond donors (Lipinski definition) is 1. The molecular formula is C12H15NO. The highest BCUT2D eigenvalue weighted by Gasteiger charge is 2.44. The number of benzene rings is 1. The number of aliphatic hydroxyl groups excluding tert-OH is 1. The van der Waals surface area contributed by atoms with E-state index in [2.05, 4.69) is 36.1 Å². The van der Waals surface area contributed by atoms with Crippen LogP contribution in [-0.2, 0) is 6.42 Å². The zero-order chi connectivity index (χ0) is 9.71. The molecule has 4 atom stereocenters. The molecule has 0 amide bonds. The van der Waals surface area contributed by atoms with E-state index in [1.54, 1.807) is 0 Å². The molecule has 1 aromatic rings. The van der Waals surface area contributed by atoms with E-state index < -0.39 is 0 Å². The van der Waals surface area contributed by atoms with Gasteiger partial charge in [0.15, 0.2) is 0 Å². The summed E-state index contributed by atoms with van der Waals surface area (Å²) in [7, 11) is 0. The lowest BCUT2D eigenvalue weighted by atomic mass is 10.1. The Morgan fingerprint density at radius 2 is 2.07 bits per heavy atom. The first-order valence-corrected chi connectivity index (χ1v) is 5.29. The minimum Gasteiger partial charge on any atom is -0.391 e. The van der Waals surface area contributed by atoms with Crippen LogP contribution in [0.4, 0.5) is 0 Å². The van der Waals surface area contributed by atoms with Crippen molar-refractivity contribution >= 4 is 0 Å². The maximum Gasteiger partial charge on any atom is 0.0777 e. The van der Waals surface area contributed by atoms with Gasteiger partial charge in [0.25, 0.3) is 0 Å². The maximum absolute atomic E-state index is 10.00. The number of fused-ring (bicyclic) bond motifs is 1. The van der Waals surface area contributed by atoms with Gasteiger partial charge in [0.1, 0.15) is 0 Å². The highest BCUT2D eigenvalue weighted by atomic mass is 16.3. The summed E-state index contributed by atoms with van der Waals surface area (Å²) >= 11 is 0. The number of nitrogens with zero attached hydrogens (tertiary/aromatic N) is 1. The summed E-state index contributed by atoms with van der Waals surface area (Å²) in [5.74, 6) is 0. The van der Waals surface area contributed by atoms with Crippen LogP contribution < -0.4 is 0 Å². The molecule has 0 radical (unpaired) electrons. The molecule has 2 heteroatoms. The van der Waals surface area contributed by atoms with Crippen LogP contribution in [0.1, 0.15) is 24.1 Å². The zero-order valence-corrected chi connectivity index (χ0v) is 8.35. The van der Waals surface area contributed by atoms with E-state index in [1.807, 2.05) is 0 Å². The van der Waals surface area contributed by atoms with Gasteiger partial charge >= 0.3 is 0 Å². The SMILES string of the molecule is C[C@@H]1CN1[C@@H]1c2ccccc2C[C@@H]1O. The summed E-state index contributed by atoms with van der Waals surface area (Å²) in [5, 5.41) is 10.00. The van der Waals surface area contributed by atoms with E-state index in [-0.39, 0.29) is 12.1 Å². The third-order valence-electron chi connectivity index (χ3n) is 3.43. The standard InChI is InChI=1S/C12H15NO/c1-8-7-13(8)12-10-5-3-2-4-9(10)6-11(12)14/h2-5,8,11-12,14H,6-7H2,1H3/t8-,11+,12-,13?/m1/s1. The Morgan fingerprint density at radius 3 is 2.79 bits per heavy atom. The largest absolute Gasteiger partial charge is 0.391 e. The zero-order valence-electron chi connectivity index (χ0n) is 8.35. The van der Waals surface area contributed by atoms with Crippen molar-refractivity contribution in [2.75, 3.05) is 6.54 Å². The van der Waals surface area contributed by atoms with Crippen molar-refractivity contribution in [3.63, 3.8) is 0 Å². The number of rotatable bonds is 1. The van der Waals surface area contributed by atoms with E-state index >= 15 is 0 Å². The first-order valence-electron chi connectivity index (χ1n) is 5.29. The molecule has 1 unspecified atom stereocenters. The Hall–Kier alpha value is -0.860. The van der Waals surface area contributed by atoms with Gasteiger partial charge in [-0.05, 0) is 18.1 Å². The van der Waals surface area contributed by atoms with Gasteiger partial charge in [0, 0.05) is 19.0 Å². The summed E-state index contributed by atoms with van der Waals surface area (Å²) in [6.07, 6.45) is 0.627. The van der Waals surface area contributed by atoms with E-state index in [0.717, 1.165) is 13.0 Å². The molecule has 1 aromatic carbocycles. The minimum atomic E-state index is -0.197. The maximum atomic E-state index is 10.00. The van der Waals surface area contributed by atoms with Crippen LogP contribution in [0, 0.1) is 0 Å². The molecule has 3 rings (SSSR count). The second-order valence-corrected chi connectivity index (χ2v) is 4.46. The molecule has 1 aliphatic heterocycles. The third-order valence-corrected chi connectivity index (χ3v) is 3.43. The second-order valence-electron chi connectivity index (χ2n) is 4.46. The molecular weight excluding hydrogens is 174 g/mol. The Labute approximate surface area is 84.2 Å². The first kappa shape index (κ1) is 8.45. The topological polar surface area (TPSA) is 23.2 Å². The summed E-state index contributed by atoms with van der Waals surface area (Å²) in [6.45, 7) is 3.35. The average molecular weight is 189 g/mol. The van der Waals surface area contributed by atoms with Crippen LogP contribution in [0.3, 0.4) is 0 Å². The van der Waals surface area contributed by atoms with Crippen LogP contribution >= 0.6 is 0 Å². The van der Waals surface area contributed by atoms with Crippen molar-refractivity contribution in [3.8, 4) is 0 Å². The van der Waals surface area contributed by atoms with E-state index in [1.165, 1.54) is 11.1 Å². The molecule has 0 saturated carbocycles. The van der Waals surface area contributed by atoms with E-state index in [9.17, 15) is 5.11 Å². The second kappa shape index (κ2) is 2.81. The first-order chi connectivity index (χ1) is 6.77. The van der Waals surface area contributed by atoms with E-state index in [0.29, 0.717) is 6.04 Å². The van der Waals surface area contributed by atoms with Gasteiger partial charge in [-0.3, -0.25) is 4.90 Å². The van der Waals surface area contributed by atoms with Crippen LogP contribution in [0.15, 0.2) is 24.3 Å². The molecule has 2 aliphatic rings. The Morgan fingerprint density at radius 1 is 1.36 bits per heavy atom. The van der Waals surface area contributed by atoms with Gasteiger partial charge in [-0.15, -0.1) is 0 Å². The van der Waals surface area contributed by atoms with Crippen molar-refractivity contribution in [2.24, 2.45) is 0 Å². The molecule has 0 spiro atoms. The van der Waals surface area contributed by atoms with Gasteiger partial charge in [-0.1, -0.05) is 24.3 Å². The van der Waals surface area contributed by atoms with Crippen molar-refractivity contribution < 1.29 is 5.11 Å². The quantitative estimate of drug-likeness (QED) is 0.674. The van der Waals surface area contributed by atoms with Gasteiger partial charge in [0.05, 0.1) is 12.1 Å². The van der Waals surface area contributed by atoms with Crippen LogP contribution in [-0.4, -0.2) is 28.7 Å². The van der Waals surface area contributed by atoms with E-state index in [4.69, 9.17) is 0 Å². The molecule has 1 fully saturated rings. The lowest BCUT2D eigenvalue weighted by Crippen LogP contribution is -2.21. The lowest BCUT2D eigenvalue weighted by molar-refractivity contribution is 0.111. The molecule has 0 aromatic heterocycles. The smallest absolute Gasteiger partial charge is 0.0777 e. The molecule has 1 aliphatic carbocycles. The van der Waals surface area contributed by atoms with Gasteiger partial charge in [-0.2, -0.15) is 0 Å². The van der Waals surface area contributed by atoms with Crippen molar-refractivity contribution in [1.29, 1.82) is 0 Å². The summed E-state index contributed by atoms with van der Waals surface area (Å²) in [6, 6.07) is 9.33. The molecule has 1 N–H and O–H groups in total. The normalized spacial score (nSPS) is 39.6. The fourth-order valence-electron chi connectivity index (χ4n) is 2.60. The molecule has 1 saturated heterocycles. The van der Waals surface area contributed by atoms with Crippen molar-refractivity contribution in [3.05, 3.63) is 35.4 Å². The molecule has 1 heterocycles.